The lowest BCUT2D eigenvalue weighted by Gasteiger charge is -2.20. The van der Waals surface area contributed by atoms with E-state index in [0.29, 0.717) is 0 Å². The molecule has 1 saturated carbocycles. The Balaban J connectivity index is 1.77. The number of hydrogen-bond donors (Lipinski definition) is 0. The van der Waals surface area contributed by atoms with E-state index in [1.54, 1.807) is 4.90 Å². The van der Waals surface area contributed by atoms with Crippen LogP contribution in [0.15, 0.2) is 42.5 Å². The second kappa shape index (κ2) is 5.77. The molecule has 2 nitrogen and oxygen atoms in total. The maximum atomic E-state index is 12.7. The minimum absolute atomic E-state index is 0.0469. The number of carbonyl (C=O) groups is 1. The van der Waals surface area contributed by atoms with Crippen molar-refractivity contribution in [2.24, 2.45) is 5.92 Å². The smallest absolute Gasteiger partial charge is 0.230 e. The van der Waals surface area contributed by atoms with Crippen molar-refractivity contribution in [3.05, 3.63) is 64.2 Å². The van der Waals surface area contributed by atoms with Crippen molar-refractivity contribution in [3.8, 4) is 0 Å². The molecule has 2 atom stereocenters. The lowest BCUT2D eigenvalue weighted by molar-refractivity contribution is -0.119. The van der Waals surface area contributed by atoms with Crippen LogP contribution in [0.3, 0.4) is 0 Å². The second-order valence-electron chi connectivity index (χ2n) is 6.16. The molecule has 3 heteroatoms. The molecule has 2 aromatic carbocycles. The van der Waals surface area contributed by atoms with Gasteiger partial charge in [0, 0.05) is 23.7 Å². The van der Waals surface area contributed by atoms with Crippen LogP contribution in [-0.2, 0) is 4.79 Å². The normalized spacial score (nSPS) is 19.8. The summed E-state index contributed by atoms with van der Waals surface area (Å²) >= 11 is 6.24. The molecule has 0 heterocycles. The molecule has 0 aromatic heterocycles. The Morgan fingerprint density at radius 1 is 1.18 bits per heavy atom. The fourth-order valence-electron chi connectivity index (χ4n) is 3.14. The van der Waals surface area contributed by atoms with Crippen LogP contribution in [0.5, 0.6) is 0 Å². The number of benzene rings is 2. The molecule has 0 bridgehead atoms. The maximum Gasteiger partial charge on any atom is 0.230 e. The van der Waals surface area contributed by atoms with Gasteiger partial charge in [0.25, 0.3) is 0 Å². The Morgan fingerprint density at radius 2 is 1.91 bits per heavy atom. The largest absolute Gasteiger partial charge is 0.315 e. The van der Waals surface area contributed by atoms with Gasteiger partial charge in [-0.2, -0.15) is 0 Å². The van der Waals surface area contributed by atoms with Gasteiger partial charge in [0.15, 0.2) is 0 Å². The van der Waals surface area contributed by atoms with Crippen LogP contribution in [0.25, 0.3) is 0 Å². The van der Waals surface area contributed by atoms with E-state index in [-0.39, 0.29) is 17.7 Å². The Labute approximate surface area is 136 Å². The summed E-state index contributed by atoms with van der Waals surface area (Å²) in [5.41, 5.74) is 4.42. The van der Waals surface area contributed by atoms with Crippen molar-refractivity contribution in [1.29, 1.82) is 0 Å². The van der Waals surface area contributed by atoms with Crippen LogP contribution < -0.4 is 4.90 Å². The molecule has 22 heavy (non-hydrogen) atoms. The third-order valence-corrected chi connectivity index (χ3v) is 4.80. The highest BCUT2D eigenvalue weighted by Crippen LogP contribution is 2.50. The standard InChI is InChI=1S/C19H20ClNO/c1-12-8-9-18(13(2)10-12)21(3)19(22)16-11-15(16)14-6-4-5-7-17(14)20/h4-10,15-16H,11H2,1-3H3. The van der Waals surface area contributed by atoms with Crippen LogP contribution in [0.4, 0.5) is 5.69 Å². The highest BCUT2D eigenvalue weighted by molar-refractivity contribution is 6.31. The fourth-order valence-corrected chi connectivity index (χ4v) is 3.41. The molecule has 114 valence electrons. The predicted octanol–water partition coefficient (Wildman–Crippen LogP) is 4.72. The van der Waals surface area contributed by atoms with E-state index in [9.17, 15) is 4.79 Å². The number of nitrogens with zero attached hydrogens (tertiary/aromatic N) is 1. The van der Waals surface area contributed by atoms with Crippen LogP contribution in [-0.4, -0.2) is 13.0 Å². The van der Waals surface area contributed by atoms with E-state index in [4.69, 9.17) is 11.6 Å². The van der Waals surface area contributed by atoms with E-state index < -0.39 is 0 Å². The fraction of sp³-hybridized carbons (Fsp3) is 0.316. The van der Waals surface area contributed by atoms with E-state index in [0.717, 1.165) is 28.3 Å². The molecular formula is C19H20ClNO. The first-order chi connectivity index (χ1) is 10.5. The van der Waals surface area contributed by atoms with Crippen molar-refractivity contribution >= 4 is 23.2 Å². The molecule has 0 saturated heterocycles. The van der Waals surface area contributed by atoms with Crippen LogP contribution in [0.1, 0.15) is 29.0 Å². The summed E-state index contributed by atoms with van der Waals surface area (Å²) in [6.07, 6.45) is 0.887. The van der Waals surface area contributed by atoms with Gasteiger partial charge in [-0.1, -0.05) is 47.5 Å². The summed E-state index contributed by atoms with van der Waals surface area (Å²) in [5, 5.41) is 0.761. The minimum Gasteiger partial charge on any atom is -0.315 e. The molecule has 0 radical (unpaired) electrons. The summed E-state index contributed by atoms with van der Waals surface area (Å²) in [5.74, 6) is 0.483. The Kier molecular flexibility index (Phi) is 3.96. The molecule has 0 aliphatic heterocycles. The molecule has 1 aliphatic carbocycles. The first kappa shape index (κ1) is 15.1. The van der Waals surface area contributed by atoms with Gasteiger partial charge < -0.3 is 4.90 Å². The number of carbonyl (C=O) groups excluding carboxylic acids is 1. The summed E-state index contributed by atoms with van der Waals surface area (Å²) in [6.45, 7) is 4.11. The zero-order chi connectivity index (χ0) is 15.9. The molecular weight excluding hydrogens is 294 g/mol. The quantitative estimate of drug-likeness (QED) is 0.802. The van der Waals surface area contributed by atoms with E-state index >= 15 is 0 Å². The summed E-state index contributed by atoms with van der Waals surface area (Å²) < 4.78 is 0. The van der Waals surface area contributed by atoms with E-state index in [1.807, 2.05) is 50.4 Å². The van der Waals surface area contributed by atoms with Gasteiger partial charge in [0.2, 0.25) is 5.91 Å². The minimum atomic E-state index is 0.0469. The molecule has 3 rings (SSSR count). The second-order valence-corrected chi connectivity index (χ2v) is 6.56. The number of aryl methyl sites for hydroxylation is 2. The van der Waals surface area contributed by atoms with E-state index in [2.05, 4.69) is 13.0 Å². The van der Waals surface area contributed by atoms with Gasteiger partial charge in [0.1, 0.15) is 0 Å². The van der Waals surface area contributed by atoms with Crippen molar-refractivity contribution in [2.75, 3.05) is 11.9 Å². The third-order valence-electron chi connectivity index (χ3n) is 4.46. The third kappa shape index (κ3) is 2.76. The van der Waals surface area contributed by atoms with Crippen molar-refractivity contribution in [3.63, 3.8) is 0 Å². The van der Waals surface area contributed by atoms with Crippen molar-refractivity contribution in [2.45, 2.75) is 26.2 Å². The predicted molar refractivity (Wildman–Crippen MR) is 91.6 cm³/mol. The maximum absolute atomic E-state index is 12.7. The van der Waals surface area contributed by atoms with Crippen LogP contribution >= 0.6 is 11.6 Å². The first-order valence-corrected chi connectivity index (χ1v) is 7.96. The highest BCUT2D eigenvalue weighted by Gasteiger charge is 2.46. The number of rotatable bonds is 3. The van der Waals surface area contributed by atoms with Gasteiger partial charge in [-0.15, -0.1) is 0 Å². The number of hydrogen-bond acceptors (Lipinski definition) is 1. The van der Waals surface area contributed by atoms with Crippen molar-refractivity contribution < 1.29 is 4.79 Å². The zero-order valence-electron chi connectivity index (χ0n) is 13.1. The molecule has 1 aliphatic rings. The number of halogens is 1. The molecule has 2 unspecified atom stereocenters. The van der Waals surface area contributed by atoms with Crippen molar-refractivity contribution in [1.82, 2.24) is 0 Å². The van der Waals surface area contributed by atoms with Gasteiger partial charge in [-0.25, -0.2) is 0 Å². The lowest BCUT2D eigenvalue weighted by Crippen LogP contribution is -2.28. The monoisotopic (exact) mass is 313 g/mol. The van der Waals surface area contributed by atoms with Gasteiger partial charge >= 0.3 is 0 Å². The molecule has 2 aromatic rings. The first-order valence-electron chi connectivity index (χ1n) is 7.58. The highest BCUT2D eigenvalue weighted by atomic mass is 35.5. The average Bonchev–Trinajstić information content (AvgIpc) is 3.26. The summed E-state index contributed by atoms with van der Waals surface area (Å²) in [7, 11) is 1.86. The number of amides is 1. The van der Waals surface area contributed by atoms with E-state index in [1.165, 1.54) is 5.56 Å². The SMILES string of the molecule is Cc1ccc(N(C)C(=O)C2CC2c2ccccc2Cl)c(C)c1. The van der Waals surface area contributed by atoms with Gasteiger partial charge in [-0.05, 0) is 49.4 Å². The van der Waals surface area contributed by atoms with Crippen LogP contribution in [0.2, 0.25) is 5.02 Å². The molecule has 1 fully saturated rings. The van der Waals surface area contributed by atoms with Crippen LogP contribution in [0, 0.1) is 19.8 Å². The Morgan fingerprint density at radius 3 is 2.59 bits per heavy atom. The Hall–Kier alpha value is -1.80. The molecule has 0 N–H and O–H groups in total. The van der Waals surface area contributed by atoms with Gasteiger partial charge in [0.05, 0.1) is 0 Å². The van der Waals surface area contributed by atoms with Gasteiger partial charge in [-0.3, -0.25) is 4.79 Å². The summed E-state index contributed by atoms with van der Waals surface area (Å²) in [6, 6.07) is 14.0. The average molecular weight is 314 g/mol. The zero-order valence-corrected chi connectivity index (χ0v) is 13.9. The lowest BCUT2D eigenvalue weighted by atomic mass is 10.1. The molecule has 1 amide bonds. The summed E-state index contributed by atoms with van der Waals surface area (Å²) in [4.78, 5) is 14.5. The molecule has 0 spiro atoms. The number of anilines is 1. The topological polar surface area (TPSA) is 20.3 Å². The Bertz CT molecular complexity index is 725.